The van der Waals surface area contributed by atoms with Crippen LogP contribution in [0.25, 0.3) is 0 Å². The van der Waals surface area contributed by atoms with Gasteiger partial charge in [-0.2, -0.15) is 0 Å². The fourth-order valence-electron chi connectivity index (χ4n) is 1.71. The number of aryl methyl sites for hydroxylation is 1. The molecule has 2 nitrogen and oxygen atoms in total. The highest BCUT2D eigenvalue weighted by molar-refractivity contribution is 9.10. The Balaban J connectivity index is 2.46. The number of hydrogen-bond donors (Lipinski definition) is 0. The summed E-state index contributed by atoms with van der Waals surface area (Å²) < 4.78 is 16.2. The Labute approximate surface area is 121 Å². The van der Waals surface area contributed by atoms with Crippen LogP contribution in [0.5, 0.6) is 0 Å². The third kappa shape index (κ3) is 2.72. The van der Waals surface area contributed by atoms with Crippen LogP contribution in [0.2, 0.25) is 0 Å². The average molecular weight is 375 g/mol. The number of halogens is 3. The zero-order valence-corrected chi connectivity index (χ0v) is 12.8. The molecule has 0 saturated heterocycles. The number of aromatic nitrogens is 1. The second kappa shape index (κ2) is 5.36. The van der Waals surface area contributed by atoms with Crippen LogP contribution < -0.4 is 5.56 Å². The Morgan fingerprint density at radius 2 is 2.06 bits per heavy atom. The molecule has 5 heteroatoms. The molecule has 0 fully saturated rings. The van der Waals surface area contributed by atoms with E-state index in [4.69, 9.17) is 0 Å². The van der Waals surface area contributed by atoms with Crippen LogP contribution in [-0.2, 0) is 6.54 Å². The predicted molar refractivity (Wildman–Crippen MR) is 76.3 cm³/mol. The van der Waals surface area contributed by atoms with Gasteiger partial charge in [-0.25, -0.2) is 4.39 Å². The largest absolute Gasteiger partial charge is 0.310 e. The summed E-state index contributed by atoms with van der Waals surface area (Å²) in [5.74, 6) is -0.327. The molecule has 0 bridgehead atoms. The second-order valence-corrected chi connectivity index (χ2v) is 5.70. The van der Waals surface area contributed by atoms with E-state index < -0.39 is 0 Å². The van der Waals surface area contributed by atoms with Crippen molar-refractivity contribution < 1.29 is 4.39 Å². The number of pyridine rings is 1. The van der Waals surface area contributed by atoms with Crippen LogP contribution >= 0.6 is 31.9 Å². The maximum atomic E-state index is 13.4. The average Bonchev–Trinajstić information content (AvgIpc) is 2.31. The SMILES string of the molecule is Cc1cc(Br)cn(Cc2cccc(F)c2Br)c1=O. The van der Waals surface area contributed by atoms with E-state index in [1.54, 1.807) is 35.9 Å². The van der Waals surface area contributed by atoms with E-state index in [0.717, 1.165) is 10.0 Å². The minimum atomic E-state index is -0.327. The highest BCUT2D eigenvalue weighted by Crippen LogP contribution is 2.21. The lowest BCUT2D eigenvalue weighted by Crippen LogP contribution is -2.22. The van der Waals surface area contributed by atoms with Gasteiger partial charge in [0.1, 0.15) is 5.82 Å². The number of rotatable bonds is 2. The standard InChI is InChI=1S/C13H10Br2FNO/c1-8-5-10(14)7-17(13(8)18)6-9-3-2-4-11(16)12(9)15/h2-5,7H,6H2,1H3. The molecule has 0 amide bonds. The summed E-state index contributed by atoms with van der Waals surface area (Å²) in [7, 11) is 0. The van der Waals surface area contributed by atoms with Gasteiger partial charge in [0.15, 0.2) is 0 Å². The van der Waals surface area contributed by atoms with Crippen molar-refractivity contribution in [1.82, 2.24) is 4.57 Å². The van der Waals surface area contributed by atoms with E-state index >= 15 is 0 Å². The molecule has 18 heavy (non-hydrogen) atoms. The molecule has 0 aliphatic heterocycles. The smallest absolute Gasteiger partial charge is 0.253 e. The summed E-state index contributed by atoms with van der Waals surface area (Å²) in [5, 5.41) is 0. The van der Waals surface area contributed by atoms with E-state index in [9.17, 15) is 9.18 Å². The molecule has 2 rings (SSSR count). The van der Waals surface area contributed by atoms with Crippen LogP contribution in [0.3, 0.4) is 0 Å². The third-order valence-electron chi connectivity index (χ3n) is 2.60. The van der Waals surface area contributed by atoms with E-state index in [0.29, 0.717) is 16.6 Å². The van der Waals surface area contributed by atoms with Crippen LogP contribution in [0.4, 0.5) is 4.39 Å². The fourth-order valence-corrected chi connectivity index (χ4v) is 2.69. The van der Waals surface area contributed by atoms with Gasteiger partial charge in [-0.05, 0) is 56.5 Å². The zero-order valence-electron chi connectivity index (χ0n) is 9.58. The Bertz CT molecular complexity index is 652. The van der Waals surface area contributed by atoms with Crippen molar-refractivity contribution in [3.05, 3.63) is 66.7 Å². The van der Waals surface area contributed by atoms with Crippen molar-refractivity contribution in [2.24, 2.45) is 0 Å². The Morgan fingerprint density at radius 1 is 1.33 bits per heavy atom. The third-order valence-corrected chi connectivity index (χ3v) is 3.93. The first-order chi connectivity index (χ1) is 8.49. The summed E-state index contributed by atoms with van der Waals surface area (Å²) in [6, 6.07) is 6.56. The number of hydrogen-bond acceptors (Lipinski definition) is 1. The van der Waals surface area contributed by atoms with Gasteiger partial charge in [-0.15, -0.1) is 0 Å². The van der Waals surface area contributed by atoms with Gasteiger partial charge in [-0.3, -0.25) is 4.79 Å². The Morgan fingerprint density at radius 3 is 2.78 bits per heavy atom. The molecule has 0 aliphatic carbocycles. The molecule has 94 valence electrons. The molecular formula is C13H10Br2FNO. The minimum Gasteiger partial charge on any atom is -0.310 e. The van der Waals surface area contributed by atoms with Gasteiger partial charge in [-0.1, -0.05) is 12.1 Å². The van der Waals surface area contributed by atoms with Crippen LogP contribution in [0.15, 0.2) is 44.2 Å². The number of benzene rings is 1. The van der Waals surface area contributed by atoms with Crippen LogP contribution in [0, 0.1) is 12.7 Å². The van der Waals surface area contributed by atoms with Crippen molar-refractivity contribution >= 4 is 31.9 Å². The van der Waals surface area contributed by atoms with Crippen LogP contribution in [0.1, 0.15) is 11.1 Å². The highest BCUT2D eigenvalue weighted by Gasteiger charge is 2.08. The van der Waals surface area contributed by atoms with Gasteiger partial charge in [0.25, 0.3) is 5.56 Å². The van der Waals surface area contributed by atoms with Crippen molar-refractivity contribution in [3.63, 3.8) is 0 Å². The lowest BCUT2D eigenvalue weighted by Gasteiger charge is -2.09. The quantitative estimate of drug-likeness (QED) is 0.782. The summed E-state index contributed by atoms with van der Waals surface area (Å²) >= 11 is 6.55. The van der Waals surface area contributed by atoms with Gasteiger partial charge >= 0.3 is 0 Å². The van der Waals surface area contributed by atoms with Gasteiger partial charge in [0.05, 0.1) is 11.0 Å². The van der Waals surface area contributed by atoms with Crippen molar-refractivity contribution in [3.8, 4) is 0 Å². The summed E-state index contributed by atoms with van der Waals surface area (Å²) in [5.41, 5.74) is 1.31. The highest BCUT2D eigenvalue weighted by atomic mass is 79.9. The van der Waals surface area contributed by atoms with Gasteiger partial charge in [0, 0.05) is 16.2 Å². The lowest BCUT2D eigenvalue weighted by molar-refractivity contribution is 0.615. The second-order valence-electron chi connectivity index (χ2n) is 3.99. The molecule has 0 saturated carbocycles. The molecule has 1 aromatic carbocycles. The predicted octanol–water partition coefficient (Wildman–Crippen LogP) is 3.87. The summed E-state index contributed by atoms with van der Waals surface area (Å²) in [6.07, 6.45) is 1.70. The zero-order chi connectivity index (χ0) is 13.3. The van der Waals surface area contributed by atoms with Crippen LogP contribution in [-0.4, -0.2) is 4.57 Å². The molecule has 0 aliphatic rings. The first kappa shape index (κ1) is 13.5. The van der Waals surface area contributed by atoms with E-state index in [2.05, 4.69) is 31.9 Å². The summed E-state index contributed by atoms with van der Waals surface area (Å²) in [4.78, 5) is 12.0. The van der Waals surface area contributed by atoms with E-state index in [1.165, 1.54) is 6.07 Å². The molecular weight excluding hydrogens is 365 g/mol. The number of nitrogens with zero attached hydrogens (tertiary/aromatic N) is 1. The Hall–Kier alpha value is -0.940. The molecule has 0 atom stereocenters. The van der Waals surface area contributed by atoms with Crippen molar-refractivity contribution in [2.75, 3.05) is 0 Å². The van der Waals surface area contributed by atoms with Crippen molar-refractivity contribution in [2.45, 2.75) is 13.5 Å². The summed E-state index contributed by atoms with van der Waals surface area (Å²) in [6.45, 7) is 2.08. The van der Waals surface area contributed by atoms with Gasteiger partial charge < -0.3 is 4.57 Å². The molecule has 0 radical (unpaired) electrons. The topological polar surface area (TPSA) is 22.0 Å². The molecule has 1 aromatic heterocycles. The normalized spacial score (nSPS) is 10.7. The molecule has 2 aromatic rings. The van der Waals surface area contributed by atoms with Crippen molar-refractivity contribution in [1.29, 1.82) is 0 Å². The maximum Gasteiger partial charge on any atom is 0.253 e. The lowest BCUT2D eigenvalue weighted by atomic mass is 10.2. The van der Waals surface area contributed by atoms with Gasteiger partial charge in [0.2, 0.25) is 0 Å². The molecule has 0 spiro atoms. The molecule has 0 unspecified atom stereocenters. The maximum absolute atomic E-state index is 13.4. The Kier molecular flexibility index (Phi) is 4.02. The monoisotopic (exact) mass is 373 g/mol. The molecule has 1 heterocycles. The van der Waals surface area contributed by atoms with E-state index in [1.807, 2.05) is 0 Å². The first-order valence-corrected chi connectivity index (χ1v) is 6.87. The fraction of sp³-hybridized carbons (Fsp3) is 0.154. The van der Waals surface area contributed by atoms with E-state index in [-0.39, 0.29) is 11.4 Å². The minimum absolute atomic E-state index is 0.0747. The first-order valence-electron chi connectivity index (χ1n) is 5.28. The molecule has 0 N–H and O–H groups in total.